The number of benzene rings is 2. The maximum Gasteiger partial charge on any atom is 0.338 e. The lowest BCUT2D eigenvalue weighted by Crippen LogP contribution is -2.50. The number of aliphatic imine (C=N–C) groups is 1. The number of carbonyl (C=O) groups excluding carboxylic acids is 2. The van der Waals surface area contributed by atoms with Crippen LogP contribution in [0, 0.1) is 0 Å². The molecule has 1 aliphatic heterocycles. The molecular formula is C23H25N3O4. The van der Waals surface area contributed by atoms with Crippen LogP contribution in [-0.2, 0) is 14.3 Å². The van der Waals surface area contributed by atoms with Gasteiger partial charge in [0.05, 0.1) is 31.5 Å². The molecule has 2 amide bonds. The van der Waals surface area contributed by atoms with Crippen LogP contribution in [0.25, 0.3) is 0 Å². The van der Waals surface area contributed by atoms with E-state index in [4.69, 9.17) is 9.47 Å². The first-order valence-electron chi connectivity index (χ1n) is 9.59. The van der Waals surface area contributed by atoms with Crippen molar-refractivity contribution >= 4 is 18.0 Å². The van der Waals surface area contributed by atoms with Gasteiger partial charge >= 0.3 is 18.0 Å². The van der Waals surface area contributed by atoms with E-state index in [9.17, 15) is 9.59 Å². The molecule has 0 bridgehead atoms. The van der Waals surface area contributed by atoms with E-state index < -0.39 is 18.0 Å². The van der Waals surface area contributed by atoms with Gasteiger partial charge in [-0.05, 0) is 25.0 Å². The average molecular weight is 407 g/mol. The molecule has 7 heteroatoms. The quantitative estimate of drug-likeness (QED) is 0.778. The van der Waals surface area contributed by atoms with Gasteiger partial charge in [0, 0.05) is 0 Å². The Morgan fingerprint density at radius 3 is 2.20 bits per heavy atom. The first-order chi connectivity index (χ1) is 14.5. The standard InChI is InChI=1S/C23H25N3O4/c1-15(17-11-7-5-8-12-17)24-22(28)26-20(18-13-9-6-10-14-18)19(21(27)29-3)16(2)25-23(26)30-4/h5-15,20H,1-4H3,(H,24,28). The van der Waals surface area contributed by atoms with Crippen molar-refractivity contribution < 1.29 is 19.1 Å². The monoisotopic (exact) mass is 407 g/mol. The second-order valence-corrected chi connectivity index (χ2v) is 6.85. The highest BCUT2D eigenvalue weighted by molar-refractivity contribution is 6.00. The number of hydrogen-bond donors (Lipinski definition) is 1. The minimum absolute atomic E-state index is 0.103. The minimum atomic E-state index is -0.742. The van der Waals surface area contributed by atoms with Gasteiger partial charge in [0.2, 0.25) is 0 Å². The van der Waals surface area contributed by atoms with Gasteiger partial charge in [-0.1, -0.05) is 60.7 Å². The molecule has 2 aromatic carbocycles. The van der Waals surface area contributed by atoms with Gasteiger partial charge in [-0.3, -0.25) is 0 Å². The summed E-state index contributed by atoms with van der Waals surface area (Å²) in [7, 11) is 2.75. The molecule has 2 aromatic rings. The van der Waals surface area contributed by atoms with Gasteiger partial charge in [0.15, 0.2) is 0 Å². The molecular weight excluding hydrogens is 382 g/mol. The first-order valence-corrected chi connectivity index (χ1v) is 9.59. The van der Waals surface area contributed by atoms with E-state index in [-0.39, 0.29) is 17.6 Å². The summed E-state index contributed by atoms with van der Waals surface area (Å²) in [4.78, 5) is 31.7. The number of methoxy groups -OCH3 is 2. The molecule has 1 heterocycles. The molecule has 2 atom stereocenters. The van der Waals surface area contributed by atoms with E-state index in [0.717, 1.165) is 11.1 Å². The van der Waals surface area contributed by atoms with E-state index >= 15 is 0 Å². The predicted molar refractivity (Wildman–Crippen MR) is 114 cm³/mol. The number of nitrogens with zero attached hydrogens (tertiary/aromatic N) is 2. The van der Waals surface area contributed by atoms with Crippen LogP contribution >= 0.6 is 0 Å². The molecule has 30 heavy (non-hydrogen) atoms. The van der Waals surface area contributed by atoms with E-state index in [2.05, 4.69) is 10.3 Å². The first kappa shape index (κ1) is 21.1. The summed E-state index contributed by atoms with van der Waals surface area (Å²) >= 11 is 0. The van der Waals surface area contributed by atoms with Gasteiger partial charge in [-0.2, -0.15) is 0 Å². The van der Waals surface area contributed by atoms with Gasteiger partial charge in [0.1, 0.15) is 6.04 Å². The van der Waals surface area contributed by atoms with Crippen molar-refractivity contribution in [2.24, 2.45) is 4.99 Å². The zero-order chi connectivity index (χ0) is 21.7. The van der Waals surface area contributed by atoms with E-state index in [1.54, 1.807) is 6.92 Å². The van der Waals surface area contributed by atoms with Crippen molar-refractivity contribution in [2.45, 2.75) is 25.9 Å². The largest absolute Gasteiger partial charge is 0.468 e. The molecule has 2 unspecified atom stereocenters. The van der Waals surface area contributed by atoms with Crippen molar-refractivity contribution in [3.63, 3.8) is 0 Å². The van der Waals surface area contributed by atoms with Crippen LogP contribution in [0.3, 0.4) is 0 Å². The predicted octanol–water partition coefficient (Wildman–Crippen LogP) is 3.96. The Balaban J connectivity index is 2.04. The number of hydrogen-bond acceptors (Lipinski definition) is 5. The van der Waals surface area contributed by atoms with Crippen LogP contribution in [0.2, 0.25) is 0 Å². The van der Waals surface area contributed by atoms with Gasteiger partial charge in [0.25, 0.3) is 0 Å². The Labute approximate surface area is 176 Å². The van der Waals surface area contributed by atoms with Crippen molar-refractivity contribution in [1.29, 1.82) is 0 Å². The molecule has 0 saturated heterocycles. The summed E-state index contributed by atoms with van der Waals surface area (Å²) in [6.45, 7) is 3.59. The van der Waals surface area contributed by atoms with E-state index in [1.807, 2.05) is 67.6 Å². The van der Waals surface area contributed by atoms with Crippen LogP contribution in [0.5, 0.6) is 0 Å². The molecule has 0 saturated carbocycles. The summed E-state index contributed by atoms with van der Waals surface area (Å²) in [6.07, 6.45) is 0. The average Bonchev–Trinajstić information content (AvgIpc) is 2.78. The van der Waals surface area contributed by atoms with Gasteiger partial charge in [-0.25, -0.2) is 19.5 Å². The zero-order valence-electron chi connectivity index (χ0n) is 17.5. The van der Waals surface area contributed by atoms with Gasteiger partial charge in [-0.15, -0.1) is 0 Å². The summed E-state index contributed by atoms with van der Waals surface area (Å²) in [5, 5.41) is 2.97. The summed E-state index contributed by atoms with van der Waals surface area (Å²) in [6, 6.07) is 17.5. The Morgan fingerprint density at radius 2 is 1.63 bits per heavy atom. The molecule has 0 aromatic heterocycles. The van der Waals surface area contributed by atoms with Crippen molar-refractivity contribution in [3.8, 4) is 0 Å². The maximum absolute atomic E-state index is 13.4. The second-order valence-electron chi connectivity index (χ2n) is 6.85. The third-order valence-electron chi connectivity index (χ3n) is 4.95. The molecule has 0 fully saturated rings. The number of esters is 1. The van der Waals surface area contributed by atoms with Crippen LogP contribution < -0.4 is 5.32 Å². The van der Waals surface area contributed by atoms with Crippen LogP contribution in [0.1, 0.15) is 37.1 Å². The molecule has 3 rings (SSSR count). The van der Waals surface area contributed by atoms with E-state index in [0.29, 0.717) is 5.70 Å². The fraction of sp³-hybridized carbons (Fsp3) is 0.261. The second kappa shape index (κ2) is 9.26. The minimum Gasteiger partial charge on any atom is -0.468 e. The normalized spacial score (nSPS) is 17.1. The lowest BCUT2D eigenvalue weighted by molar-refractivity contribution is -0.136. The Kier molecular flexibility index (Phi) is 6.51. The molecule has 7 nitrogen and oxygen atoms in total. The lowest BCUT2D eigenvalue weighted by Gasteiger charge is -2.36. The summed E-state index contributed by atoms with van der Waals surface area (Å²) in [5.41, 5.74) is 2.42. The maximum atomic E-state index is 13.4. The number of nitrogens with one attached hydrogen (secondary N) is 1. The smallest absolute Gasteiger partial charge is 0.338 e. The SMILES string of the molecule is COC(=O)C1=C(C)N=C(OC)N(C(=O)NC(C)c2ccccc2)C1c1ccccc1. The molecule has 1 aliphatic rings. The number of ether oxygens (including phenoxy) is 2. The fourth-order valence-corrected chi connectivity index (χ4v) is 3.44. The third-order valence-corrected chi connectivity index (χ3v) is 4.95. The summed E-state index contributed by atoms with van der Waals surface area (Å²) in [5.74, 6) is -0.547. The van der Waals surface area contributed by atoms with Gasteiger partial charge < -0.3 is 14.8 Å². The van der Waals surface area contributed by atoms with Crippen molar-refractivity contribution in [1.82, 2.24) is 10.2 Å². The lowest BCUT2D eigenvalue weighted by atomic mass is 9.94. The van der Waals surface area contributed by atoms with Crippen LogP contribution in [-0.4, -0.2) is 37.1 Å². The molecule has 0 radical (unpaired) electrons. The number of allylic oxidation sites excluding steroid dienone is 1. The van der Waals surface area contributed by atoms with Crippen LogP contribution in [0.4, 0.5) is 4.79 Å². The van der Waals surface area contributed by atoms with E-state index in [1.165, 1.54) is 19.1 Å². The Morgan fingerprint density at radius 1 is 1.03 bits per heavy atom. The summed E-state index contributed by atoms with van der Waals surface area (Å²) < 4.78 is 10.4. The Bertz CT molecular complexity index is 970. The molecule has 0 aliphatic carbocycles. The molecule has 156 valence electrons. The number of carbonyl (C=O) groups is 2. The third kappa shape index (κ3) is 4.20. The number of amides is 2. The molecule has 1 N–H and O–H groups in total. The molecule has 0 spiro atoms. The number of urea groups is 1. The van der Waals surface area contributed by atoms with Crippen molar-refractivity contribution in [2.75, 3.05) is 14.2 Å². The van der Waals surface area contributed by atoms with Crippen molar-refractivity contribution in [3.05, 3.63) is 83.1 Å². The fourth-order valence-electron chi connectivity index (χ4n) is 3.44. The highest BCUT2D eigenvalue weighted by Gasteiger charge is 2.41. The highest BCUT2D eigenvalue weighted by atomic mass is 16.5. The van der Waals surface area contributed by atoms with Crippen LogP contribution in [0.15, 0.2) is 76.9 Å². The number of rotatable bonds is 4. The number of amidine groups is 1. The zero-order valence-corrected chi connectivity index (χ0v) is 17.5. The highest BCUT2D eigenvalue weighted by Crippen LogP contribution is 2.36. The topological polar surface area (TPSA) is 80.2 Å². The Hall–Kier alpha value is -3.61.